The monoisotopic (exact) mass is 401 g/mol. The molecule has 2 aromatic rings. The minimum absolute atomic E-state index is 0.136. The second kappa shape index (κ2) is 11.2. The zero-order valence-corrected chi connectivity index (χ0v) is 18.0. The summed E-state index contributed by atoms with van der Waals surface area (Å²) in [6.07, 6.45) is 0. The predicted molar refractivity (Wildman–Crippen MR) is 114 cm³/mol. The van der Waals surface area contributed by atoms with Gasteiger partial charge in [-0.3, -0.25) is 4.79 Å². The van der Waals surface area contributed by atoms with Gasteiger partial charge in [-0.25, -0.2) is 0 Å². The van der Waals surface area contributed by atoms with E-state index in [-0.39, 0.29) is 5.91 Å². The maximum absolute atomic E-state index is 12.9. The van der Waals surface area contributed by atoms with E-state index in [1.54, 1.807) is 24.1 Å². The molecule has 0 unspecified atom stereocenters. The zero-order valence-electron chi connectivity index (χ0n) is 18.0. The highest BCUT2D eigenvalue weighted by atomic mass is 16.5. The third-order valence-corrected chi connectivity index (χ3v) is 4.19. The standard InChI is InChI=1S/C23H31NO5/c1-6-26-20-15-18(16-21(27-7-2)22(20)28-8-3)23(25)24(5)12-13-29-19-11-9-10-17(4)14-19/h9-11,14-16H,6-8,12-13H2,1-5H3. The third kappa shape index (κ3) is 6.31. The molecule has 1 amide bonds. The quantitative estimate of drug-likeness (QED) is 0.561. The Morgan fingerprint density at radius 2 is 1.52 bits per heavy atom. The summed E-state index contributed by atoms with van der Waals surface area (Å²) < 4.78 is 22.8. The molecule has 0 spiro atoms. The average Bonchev–Trinajstić information content (AvgIpc) is 2.70. The zero-order chi connectivity index (χ0) is 21.2. The van der Waals surface area contributed by atoms with Gasteiger partial charge in [0.25, 0.3) is 5.91 Å². The van der Waals surface area contributed by atoms with E-state index in [9.17, 15) is 4.79 Å². The fraction of sp³-hybridized carbons (Fsp3) is 0.435. The first kappa shape index (κ1) is 22.4. The van der Waals surface area contributed by atoms with Crippen molar-refractivity contribution in [3.05, 3.63) is 47.5 Å². The Labute approximate surface area is 173 Å². The van der Waals surface area contributed by atoms with Crippen molar-refractivity contribution in [3.63, 3.8) is 0 Å². The van der Waals surface area contributed by atoms with Gasteiger partial charge >= 0.3 is 0 Å². The molecule has 29 heavy (non-hydrogen) atoms. The molecule has 2 aromatic carbocycles. The lowest BCUT2D eigenvalue weighted by molar-refractivity contribution is 0.0772. The van der Waals surface area contributed by atoms with E-state index in [1.807, 2.05) is 52.0 Å². The van der Waals surface area contributed by atoms with Gasteiger partial charge in [0, 0.05) is 12.6 Å². The van der Waals surface area contributed by atoms with E-state index < -0.39 is 0 Å². The van der Waals surface area contributed by atoms with Crippen LogP contribution in [0.3, 0.4) is 0 Å². The fourth-order valence-corrected chi connectivity index (χ4v) is 2.84. The highest BCUT2D eigenvalue weighted by Crippen LogP contribution is 2.39. The first-order chi connectivity index (χ1) is 14.0. The lowest BCUT2D eigenvalue weighted by atomic mass is 10.1. The van der Waals surface area contributed by atoms with Crippen LogP contribution >= 0.6 is 0 Å². The van der Waals surface area contributed by atoms with E-state index in [1.165, 1.54) is 0 Å². The highest BCUT2D eigenvalue weighted by Gasteiger charge is 2.20. The van der Waals surface area contributed by atoms with Gasteiger partial charge in [0.2, 0.25) is 5.75 Å². The maximum atomic E-state index is 12.9. The first-order valence-corrected chi connectivity index (χ1v) is 10.0. The first-order valence-electron chi connectivity index (χ1n) is 10.0. The van der Waals surface area contributed by atoms with E-state index >= 15 is 0 Å². The summed E-state index contributed by atoms with van der Waals surface area (Å²) in [6, 6.07) is 11.2. The highest BCUT2D eigenvalue weighted by molar-refractivity contribution is 5.95. The van der Waals surface area contributed by atoms with Crippen molar-refractivity contribution in [1.29, 1.82) is 0 Å². The maximum Gasteiger partial charge on any atom is 0.253 e. The van der Waals surface area contributed by atoms with Crippen LogP contribution in [-0.2, 0) is 0 Å². The molecule has 0 saturated carbocycles. The Bertz CT molecular complexity index is 779. The Morgan fingerprint density at radius 3 is 2.07 bits per heavy atom. The molecule has 0 heterocycles. The van der Waals surface area contributed by atoms with Crippen molar-refractivity contribution in [2.45, 2.75) is 27.7 Å². The minimum Gasteiger partial charge on any atom is -0.492 e. The van der Waals surface area contributed by atoms with E-state index in [2.05, 4.69) is 0 Å². The number of amides is 1. The third-order valence-electron chi connectivity index (χ3n) is 4.19. The predicted octanol–water partition coefficient (Wildman–Crippen LogP) is 4.34. The van der Waals surface area contributed by atoms with Gasteiger partial charge in [-0.1, -0.05) is 12.1 Å². The number of nitrogens with zero attached hydrogens (tertiary/aromatic N) is 1. The molecule has 0 aliphatic rings. The van der Waals surface area contributed by atoms with Gasteiger partial charge in [0.15, 0.2) is 11.5 Å². The van der Waals surface area contributed by atoms with E-state index in [0.29, 0.717) is 55.8 Å². The molecule has 0 bridgehead atoms. The number of carbonyl (C=O) groups is 1. The normalized spacial score (nSPS) is 10.4. The van der Waals surface area contributed by atoms with Crippen LogP contribution in [0.5, 0.6) is 23.0 Å². The van der Waals surface area contributed by atoms with Gasteiger partial charge in [0.1, 0.15) is 12.4 Å². The Morgan fingerprint density at radius 1 is 0.897 bits per heavy atom. The second-order valence-corrected chi connectivity index (χ2v) is 6.49. The summed E-state index contributed by atoms with van der Waals surface area (Å²) in [4.78, 5) is 14.6. The second-order valence-electron chi connectivity index (χ2n) is 6.49. The van der Waals surface area contributed by atoms with Crippen molar-refractivity contribution in [3.8, 4) is 23.0 Å². The van der Waals surface area contributed by atoms with Crippen molar-refractivity contribution in [1.82, 2.24) is 4.90 Å². The summed E-state index contributed by atoms with van der Waals surface area (Å²) >= 11 is 0. The topological polar surface area (TPSA) is 57.2 Å². The van der Waals surface area contributed by atoms with Crippen LogP contribution in [0.1, 0.15) is 36.7 Å². The van der Waals surface area contributed by atoms with Crippen molar-refractivity contribution < 1.29 is 23.7 Å². The molecule has 6 heteroatoms. The fourth-order valence-electron chi connectivity index (χ4n) is 2.84. The van der Waals surface area contributed by atoms with Gasteiger partial charge in [-0.05, 0) is 57.5 Å². The van der Waals surface area contributed by atoms with Gasteiger partial charge in [-0.15, -0.1) is 0 Å². The summed E-state index contributed by atoms with van der Waals surface area (Å²) in [5.41, 5.74) is 1.62. The molecule has 0 aromatic heterocycles. The largest absolute Gasteiger partial charge is 0.492 e. The van der Waals surface area contributed by atoms with Crippen LogP contribution in [0.4, 0.5) is 0 Å². The van der Waals surface area contributed by atoms with Crippen LogP contribution in [0.15, 0.2) is 36.4 Å². The van der Waals surface area contributed by atoms with E-state index in [4.69, 9.17) is 18.9 Å². The number of carbonyl (C=O) groups excluding carboxylic acids is 1. The summed E-state index contributed by atoms with van der Waals surface area (Å²) in [5.74, 6) is 2.20. The molecule has 0 atom stereocenters. The number of rotatable bonds is 11. The molecular weight excluding hydrogens is 370 g/mol. The number of hydrogen-bond acceptors (Lipinski definition) is 5. The summed E-state index contributed by atoms with van der Waals surface area (Å²) in [7, 11) is 1.75. The Hall–Kier alpha value is -2.89. The van der Waals surface area contributed by atoms with Crippen LogP contribution in [0.2, 0.25) is 0 Å². The molecule has 6 nitrogen and oxygen atoms in total. The van der Waals surface area contributed by atoms with E-state index in [0.717, 1.165) is 11.3 Å². The molecule has 0 fully saturated rings. The Balaban J connectivity index is 2.12. The number of hydrogen-bond donors (Lipinski definition) is 0. The van der Waals surface area contributed by atoms with Crippen LogP contribution < -0.4 is 18.9 Å². The van der Waals surface area contributed by atoms with Crippen molar-refractivity contribution in [2.75, 3.05) is 40.0 Å². The number of likely N-dealkylation sites (N-methyl/N-ethyl adjacent to an activating group) is 1. The molecule has 2 rings (SSSR count). The molecule has 158 valence electrons. The summed E-state index contributed by atoms with van der Waals surface area (Å²) in [5, 5.41) is 0. The van der Waals surface area contributed by atoms with Gasteiger partial charge in [-0.2, -0.15) is 0 Å². The van der Waals surface area contributed by atoms with Crippen LogP contribution in [0, 0.1) is 6.92 Å². The van der Waals surface area contributed by atoms with Gasteiger partial charge in [0.05, 0.1) is 26.4 Å². The summed E-state index contributed by atoms with van der Waals surface area (Å²) in [6.45, 7) is 9.94. The minimum atomic E-state index is -0.136. The van der Waals surface area contributed by atoms with Crippen molar-refractivity contribution in [2.24, 2.45) is 0 Å². The number of ether oxygens (including phenoxy) is 4. The van der Waals surface area contributed by atoms with Gasteiger partial charge < -0.3 is 23.8 Å². The number of aryl methyl sites for hydroxylation is 1. The smallest absolute Gasteiger partial charge is 0.253 e. The molecule has 0 saturated heterocycles. The SMILES string of the molecule is CCOc1cc(C(=O)N(C)CCOc2cccc(C)c2)cc(OCC)c1OCC. The number of benzene rings is 2. The molecule has 0 aliphatic carbocycles. The van der Waals surface area contributed by atoms with Crippen molar-refractivity contribution >= 4 is 5.91 Å². The van der Waals surface area contributed by atoms with Crippen LogP contribution in [-0.4, -0.2) is 50.8 Å². The lowest BCUT2D eigenvalue weighted by Gasteiger charge is -2.20. The molecule has 0 N–H and O–H groups in total. The molecule has 0 aliphatic heterocycles. The molecule has 0 radical (unpaired) electrons. The van der Waals surface area contributed by atoms with Crippen LogP contribution in [0.25, 0.3) is 0 Å². The molecular formula is C23H31NO5. The Kier molecular flexibility index (Phi) is 8.65. The average molecular weight is 402 g/mol. The lowest BCUT2D eigenvalue weighted by Crippen LogP contribution is -2.31.